The molecule has 38 valence electrons. The highest BCUT2D eigenvalue weighted by Crippen LogP contribution is 2.68. The normalized spacial score (nSPS) is 72.0. The van der Waals surface area contributed by atoms with Crippen LogP contribution in [0.2, 0.25) is 0 Å². The zero-order valence-corrected chi connectivity index (χ0v) is 5.47. The average Bonchev–Trinajstić information content (AvgIpc) is 2.47. The van der Waals surface area contributed by atoms with Crippen molar-refractivity contribution in [1.29, 1.82) is 0 Å². The van der Waals surface area contributed by atoms with Crippen LogP contribution in [0.5, 0.6) is 0 Å². The second-order valence-electron chi connectivity index (χ2n) is 2.51. The van der Waals surface area contributed by atoms with Crippen molar-refractivity contribution in [2.45, 2.75) is 27.4 Å². The van der Waals surface area contributed by atoms with Crippen LogP contribution in [-0.4, -0.2) is 21.0 Å². The fourth-order valence-corrected chi connectivity index (χ4v) is 4.72. The first-order valence-electron chi connectivity index (χ1n) is 2.76. The molecule has 0 nitrogen and oxygen atoms in total. The van der Waals surface area contributed by atoms with Crippen LogP contribution >= 0.6 is 23.5 Å². The minimum Gasteiger partial charge on any atom is -0.152 e. The summed E-state index contributed by atoms with van der Waals surface area (Å²) < 4.78 is 0. The van der Waals surface area contributed by atoms with Crippen LogP contribution in [0.3, 0.4) is 0 Å². The van der Waals surface area contributed by atoms with E-state index < -0.39 is 0 Å². The third-order valence-electron chi connectivity index (χ3n) is 2.03. The van der Waals surface area contributed by atoms with Gasteiger partial charge >= 0.3 is 0 Å². The molecule has 4 atom stereocenters. The summed E-state index contributed by atoms with van der Waals surface area (Å²) in [5.41, 5.74) is 0. The van der Waals surface area contributed by atoms with Crippen LogP contribution in [0, 0.1) is 0 Å². The SMILES string of the molecule is C1C2SC2C2SC12. The van der Waals surface area contributed by atoms with Crippen LogP contribution in [-0.2, 0) is 0 Å². The number of rotatable bonds is 0. The van der Waals surface area contributed by atoms with Crippen LogP contribution in [0.1, 0.15) is 6.42 Å². The molecular weight excluding hydrogens is 124 g/mol. The van der Waals surface area contributed by atoms with Crippen LogP contribution in [0.25, 0.3) is 0 Å². The molecule has 0 amide bonds. The van der Waals surface area contributed by atoms with Crippen molar-refractivity contribution in [3.8, 4) is 0 Å². The molecule has 0 aromatic heterocycles. The van der Waals surface area contributed by atoms with E-state index in [0.29, 0.717) is 0 Å². The van der Waals surface area contributed by atoms with Gasteiger partial charge in [-0.2, -0.15) is 23.5 Å². The fraction of sp³-hybridized carbons (Fsp3) is 1.00. The van der Waals surface area contributed by atoms with Crippen molar-refractivity contribution in [3.05, 3.63) is 0 Å². The third-order valence-corrected chi connectivity index (χ3v) is 5.12. The Hall–Kier alpha value is 0.700. The van der Waals surface area contributed by atoms with Gasteiger partial charge in [-0.1, -0.05) is 0 Å². The molecule has 4 unspecified atom stereocenters. The van der Waals surface area contributed by atoms with Crippen molar-refractivity contribution in [1.82, 2.24) is 0 Å². The first-order valence-corrected chi connectivity index (χ1v) is 4.64. The molecule has 2 saturated heterocycles. The van der Waals surface area contributed by atoms with Gasteiger partial charge in [0.05, 0.1) is 0 Å². The second kappa shape index (κ2) is 0.883. The van der Waals surface area contributed by atoms with E-state index in [2.05, 4.69) is 23.5 Å². The molecule has 2 heteroatoms. The Balaban J connectivity index is 2.02. The van der Waals surface area contributed by atoms with Gasteiger partial charge in [-0.3, -0.25) is 0 Å². The Morgan fingerprint density at radius 3 is 1.86 bits per heavy atom. The summed E-state index contributed by atoms with van der Waals surface area (Å²) in [7, 11) is 0. The number of thioether (sulfide) groups is 2. The number of fused-ring (bicyclic) bond motifs is 3. The summed E-state index contributed by atoms with van der Waals surface area (Å²) >= 11 is 4.41. The van der Waals surface area contributed by atoms with E-state index in [9.17, 15) is 0 Å². The molecule has 3 fully saturated rings. The second-order valence-corrected chi connectivity index (χ2v) is 5.36. The highest BCUT2D eigenvalue weighted by molar-refractivity contribution is 8.13. The molecule has 0 spiro atoms. The molecular formula is C5H6S2. The minimum atomic E-state index is 1.13. The van der Waals surface area contributed by atoms with Gasteiger partial charge < -0.3 is 0 Å². The lowest BCUT2D eigenvalue weighted by Crippen LogP contribution is -1.88. The van der Waals surface area contributed by atoms with Crippen LogP contribution in [0.4, 0.5) is 0 Å². The topological polar surface area (TPSA) is 0 Å². The largest absolute Gasteiger partial charge is 0.152 e. The monoisotopic (exact) mass is 130 g/mol. The summed E-state index contributed by atoms with van der Waals surface area (Å²) in [6.07, 6.45) is 1.55. The first-order chi connectivity index (χ1) is 3.45. The summed E-state index contributed by atoms with van der Waals surface area (Å²) in [6, 6.07) is 0. The van der Waals surface area contributed by atoms with E-state index in [4.69, 9.17) is 0 Å². The lowest BCUT2D eigenvalue weighted by molar-refractivity contribution is 0.985. The maximum Gasteiger partial charge on any atom is 0.0299 e. The van der Waals surface area contributed by atoms with Crippen molar-refractivity contribution < 1.29 is 0 Å². The smallest absolute Gasteiger partial charge is 0.0299 e. The summed E-state index contributed by atoms with van der Waals surface area (Å²) in [4.78, 5) is 0. The summed E-state index contributed by atoms with van der Waals surface area (Å²) in [5, 5.41) is 4.54. The van der Waals surface area contributed by atoms with Gasteiger partial charge in [0.15, 0.2) is 0 Å². The molecule has 7 heavy (non-hydrogen) atoms. The molecule has 0 aromatic carbocycles. The molecule has 0 aromatic rings. The molecule has 1 aliphatic carbocycles. The zero-order chi connectivity index (χ0) is 4.43. The average molecular weight is 130 g/mol. The van der Waals surface area contributed by atoms with Crippen molar-refractivity contribution in [2.24, 2.45) is 0 Å². The number of hydrogen-bond donors (Lipinski definition) is 0. The third kappa shape index (κ3) is 0.345. The van der Waals surface area contributed by atoms with Crippen molar-refractivity contribution in [2.75, 3.05) is 0 Å². The van der Waals surface area contributed by atoms with Gasteiger partial charge in [-0.05, 0) is 6.42 Å². The van der Waals surface area contributed by atoms with E-state index in [1.54, 1.807) is 6.42 Å². The van der Waals surface area contributed by atoms with E-state index in [1.807, 2.05) is 0 Å². The molecule has 2 heterocycles. The molecule has 3 rings (SSSR count). The summed E-state index contributed by atoms with van der Waals surface area (Å²) in [6.45, 7) is 0. The van der Waals surface area contributed by atoms with E-state index in [-0.39, 0.29) is 0 Å². The van der Waals surface area contributed by atoms with E-state index in [1.165, 1.54) is 0 Å². The molecule has 0 bridgehead atoms. The standard InChI is InChI=1S/C5H6S2/c1-2-4(6-2)5-3(1)7-5/h2-5H,1H2. The Morgan fingerprint density at radius 1 is 1.00 bits per heavy atom. The first kappa shape index (κ1) is 3.67. The zero-order valence-electron chi connectivity index (χ0n) is 3.83. The predicted octanol–water partition coefficient (Wildman–Crippen LogP) is 1.36. The highest BCUT2D eigenvalue weighted by Gasteiger charge is 2.63. The summed E-state index contributed by atoms with van der Waals surface area (Å²) in [5.74, 6) is 0. The molecule has 0 radical (unpaired) electrons. The fourth-order valence-electron chi connectivity index (χ4n) is 1.50. The van der Waals surface area contributed by atoms with Crippen LogP contribution < -0.4 is 0 Å². The van der Waals surface area contributed by atoms with Crippen molar-refractivity contribution in [3.63, 3.8) is 0 Å². The molecule has 3 aliphatic rings. The maximum absolute atomic E-state index is 2.21. The van der Waals surface area contributed by atoms with Gasteiger partial charge in [0.1, 0.15) is 0 Å². The Labute approximate surface area is 51.4 Å². The molecule has 1 saturated carbocycles. The Kier molecular flexibility index (Phi) is 0.463. The lowest BCUT2D eigenvalue weighted by Gasteiger charge is -1.79. The predicted molar refractivity (Wildman–Crippen MR) is 35.0 cm³/mol. The van der Waals surface area contributed by atoms with Gasteiger partial charge in [0, 0.05) is 21.0 Å². The highest BCUT2D eigenvalue weighted by atomic mass is 32.2. The maximum atomic E-state index is 2.21. The van der Waals surface area contributed by atoms with Gasteiger partial charge in [-0.15, -0.1) is 0 Å². The van der Waals surface area contributed by atoms with Gasteiger partial charge in [0.2, 0.25) is 0 Å². The minimum absolute atomic E-state index is 1.13. The number of hydrogen-bond acceptors (Lipinski definition) is 2. The van der Waals surface area contributed by atoms with E-state index >= 15 is 0 Å². The van der Waals surface area contributed by atoms with E-state index in [0.717, 1.165) is 21.0 Å². The quantitative estimate of drug-likeness (QED) is 0.454. The molecule has 0 N–H and O–H groups in total. The molecule has 2 aliphatic heterocycles. The van der Waals surface area contributed by atoms with Gasteiger partial charge in [0.25, 0.3) is 0 Å². The lowest BCUT2D eigenvalue weighted by atomic mass is 10.4. The Bertz CT molecular complexity index is 109. The van der Waals surface area contributed by atoms with Crippen LogP contribution in [0.15, 0.2) is 0 Å². The van der Waals surface area contributed by atoms with Gasteiger partial charge in [-0.25, -0.2) is 0 Å². The van der Waals surface area contributed by atoms with Crippen molar-refractivity contribution >= 4 is 23.5 Å². The Morgan fingerprint density at radius 2 is 1.57 bits per heavy atom.